The van der Waals surface area contributed by atoms with Crippen molar-refractivity contribution in [2.75, 3.05) is 24.7 Å². The van der Waals surface area contributed by atoms with Gasteiger partial charge in [-0.15, -0.1) is 0 Å². The lowest BCUT2D eigenvalue weighted by molar-refractivity contribution is -0.135. The van der Waals surface area contributed by atoms with Crippen LogP contribution in [-0.4, -0.2) is 35.6 Å². The third-order valence-electron chi connectivity index (χ3n) is 6.67. The van der Waals surface area contributed by atoms with Crippen molar-refractivity contribution in [3.8, 4) is 0 Å². The lowest BCUT2D eigenvalue weighted by atomic mass is 9.80. The highest BCUT2D eigenvalue weighted by Crippen LogP contribution is 2.48. The Morgan fingerprint density at radius 1 is 1.26 bits per heavy atom. The number of aliphatic hydroxyl groups is 1. The van der Waals surface area contributed by atoms with Gasteiger partial charge in [0.2, 0.25) is 5.91 Å². The molecule has 166 valence electrons. The molecule has 3 aliphatic rings. The van der Waals surface area contributed by atoms with Gasteiger partial charge in [-0.1, -0.05) is 26.7 Å². The first kappa shape index (κ1) is 21.6. The van der Waals surface area contributed by atoms with Crippen LogP contribution < -0.4 is 10.4 Å². The molecule has 0 radical (unpaired) electrons. The molecule has 1 aromatic carbocycles. The van der Waals surface area contributed by atoms with Crippen molar-refractivity contribution in [2.45, 2.75) is 46.0 Å². The predicted octanol–water partition coefficient (Wildman–Crippen LogP) is 4.29. The van der Waals surface area contributed by atoms with Gasteiger partial charge in [0, 0.05) is 30.8 Å². The molecule has 0 saturated heterocycles. The van der Waals surface area contributed by atoms with Crippen LogP contribution >= 0.6 is 0 Å². The van der Waals surface area contributed by atoms with E-state index in [1.54, 1.807) is 12.1 Å². The van der Waals surface area contributed by atoms with Crippen molar-refractivity contribution in [1.29, 1.82) is 0 Å². The Morgan fingerprint density at radius 3 is 2.74 bits per heavy atom. The number of carbonyl (C=O) groups excluding carboxylic acids is 1. The summed E-state index contributed by atoms with van der Waals surface area (Å²) in [7, 11) is 0. The van der Waals surface area contributed by atoms with Crippen LogP contribution in [0.4, 0.5) is 10.1 Å². The molecule has 0 spiro atoms. The van der Waals surface area contributed by atoms with E-state index in [9.17, 15) is 14.3 Å². The van der Waals surface area contributed by atoms with E-state index in [1.807, 2.05) is 16.1 Å². The van der Waals surface area contributed by atoms with Gasteiger partial charge in [-0.25, -0.2) is 4.39 Å². The number of fused-ring (bicyclic) bond motifs is 1. The number of hydrogen-bond donors (Lipinski definition) is 2. The van der Waals surface area contributed by atoms with E-state index in [2.05, 4.69) is 25.3 Å². The van der Waals surface area contributed by atoms with Crippen LogP contribution in [0.3, 0.4) is 0 Å². The van der Waals surface area contributed by atoms with Crippen molar-refractivity contribution in [3.63, 3.8) is 0 Å². The summed E-state index contributed by atoms with van der Waals surface area (Å²) in [6.07, 6.45) is 9.06. The van der Waals surface area contributed by atoms with E-state index in [0.29, 0.717) is 13.1 Å². The molecule has 0 unspecified atom stereocenters. The van der Waals surface area contributed by atoms with Gasteiger partial charge < -0.3 is 15.4 Å². The number of anilines is 1. The zero-order valence-corrected chi connectivity index (χ0v) is 18.4. The maximum atomic E-state index is 13.4. The highest BCUT2D eigenvalue weighted by molar-refractivity contribution is 5.84. The number of rotatable bonds is 8. The summed E-state index contributed by atoms with van der Waals surface area (Å²) in [4.78, 5) is 15.3. The zero-order chi connectivity index (χ0) is 22.0. The van der Waals surface area contributed by atoms with E-state index in [1.165, 1.54) is 23.3 Å². The molecular weight excluding hydrogens is 393 g/mol. The fraction of sp³-hybridized carbons (Fsp3) is 0.480. The van der Waals surface area contributed by atoms with Gasteiger partial charge in [-0.05, 0) is 60.8 Å². The number of hydrogen-bond acceptors (Lipinski definition) is 4. The average Bonchev–Trinajstić information content (AvgIpc) is 3.38. The Hall–Kier alpha value is -2.60. The molecule has 2 atom stereocenters. The van der Waals surface area contributed by atoms with Crippen molar-refractivity contribution in [2.24, 2.45) is 11.8 Å². The summed E-state index contributed by atoms with van der Waals surface area (Å²) >= 11 is 0. The van der Waals surface area contributed by atoms with Crippen LogP contribution in [-0.2, 0) is 4.79 Å². The number of halogens is 1. The Kier molecular flexibility index (Phi) is 6.46. The van der Waals surface area contributed by atoms with Gasteiger partial charge in [0.25, 0.3) is 0 Å². The first-order chi connectivity index (χ1) is 15.0. The van der Waals surface area contributed by atoms with Crippen molar-refractivity contribution in [3.05, 3.63) is 64.8 Å². The van der Waals surface area contributed by atoms with Gasteiger partial charge >= 0.3 is 0 Å². The first-order valence-corrected chi connectivity index (χ1v) is 11.4. The molecule has 5 nitrogen and oxygen atoms in total. The van der Waals surface area contributed by atoms with Crippen molar-refractivity contribution < 1.29 is 14.3 Å². The SMILES string of the molecule is CCCCCN(CCO)C(=O)[C@H]1CCC2=C1[C@@H](C)C1=CNN(c3ccc(F)cc3)C1=C2. The maximum Gasteiger partial charge on any atom is 0.229 e. The molecule has 1 aromatic rings. The topological polar surface area (TPSA) is 55.8 Å². The number of unbranched alkanes of at least 4 members (excludes halogenated alkanes) is 2. The van der Waals surface area contributed by atoms with Crippen LogP contribution in [0.2, 0.25) is 0 Å². The fourth-order valence-electron chi connectivity index (χ4n) is 5.08. The molecule has 1 aliphatic heterocycles. The largest absolute Gasteiger partial charge is 0.395 e. The lowest BCUT2D eigenvalue weighted by Crippen LogP contribution is -2.39. The number of allylic oxidation sites excluding steroid dienone is 3. The summed E-state index contributed by atoms with van der Waals surface area (Å²) in [6, 6.07) is 6.45. The second-order valence-electron chi connectivity index (χ2n) is 8.62. The lowest BCUT2D eigenvalue weighted by Gasteiger charge is -2.31. The van der Waals surface area contributed by atoms with Gasteiger partial charge in [-0.3, -0.25) is 9.80 Å². The highest BCUT2D eigenvalue weighted by Gasteiger charge is 2.41. The minimum absolute atomic E-state index is 0.00219. The fourth-order valence-corrected chi connectivity index (χ4v) is 5.08. The average molecular weight is 426 g/mol. The number of carbonyl (C=O) groups is 1. The molecular formula is C25H32FN3O2. The molecule has 31 heavy (non-hydrogen) atoms. The Morgan fingerprint density at radius 2 is 2.03 bits per heavy atom. The summed E-state index contributed by atoms with van der Waals surface area (Å²) in [6.45, 7) is 5.43. The monoisotopic (exact) mass is 425 g/mol. The second-order valence-corrected chi connectivity index (χ2v) is 8.62. The maximum absolute atomic E-state index is 13.4. The van der Waals surface area contributed by atoms with E-state index in [-0.39, 0.29) is 30.2 Å². The van der Waals surface area contributed by atoms with Crippen LogP contribution in [0, 0.1) is 17.7 Å². The molecule has 1 heterocycles. The molecule has 6 heteroatoms. The first-order valence-electron chi connectivity index (χ1n) is 11.4. The normalized spacial score (nSPS) is 22.0. The Bertz CT molecular complexity index is 919. The van der Waals surface area contributed by atoms with Gasteiger partial charge in [-0.2, -0.15) is 0 Å². The number of amides is 1. The van der Waals surface area contributed by atoms with Gasteiger partial charge in [0.05, 0.1) is 23.9 Å². The standard InChI is InChI=1S/C25H32FN3O2/c1-3-4-5-12-28(13-14-30)25(31)21-11-6-18-15-23-22(17(2)24(18)21)16-27-29(23)20-9-7-19(26)8-10-20/h7-10,15-17,21,27,30H,3-6,11-14H2,1-2H3/t17-,21-/m0/s1. The summed E-state index contributed by atoms with van der Waals surface area (Å²) in [5.41, 5.74) is 8.87. The molecule has 2 N–H and O–H groups in total. The van der Waals surface area contributed by atoms with E-state index >= 15 is 0 Å². The molecule has 4 rings (SSSR count). The Balaban J connectivity index is 1.58. The number of benzene rings is 1. The zero-order valence-electron chi connectivity index (χ0n) is 18.4. The summed E-state index contributed by atoms with van der Waals surface area (Å²) < 4.78 is 13.4. The molecule has 2 aliphatic carbocycles. The number of nitrogens with zero attached hydrogens (tertiary/aromatic N) is 2. The van der Waals surface area contributed by atoms with Gasteiger partial charge in [0.15, 0.2) is 0 Å². The van der Waals surface area contributed by atoms with Crippen LogP contribution in [0.1, 0.15) is 46.0 Å². The summed E-state index contributed by atoms with van der Waals surface area (Å²) in [5, 5.41) is 11.5. The van der Waals surface area contributed by atoms with Crippen LogP contribution in [0.5, 0.6) is 0 Å². The number of hydrazine groups is 1. The smallest absolute Gasteiger partial charge is 0.229 e. The van der Waals surface area contributed by atoms with Gasteiger partial charge in [0.1, 0.15) is 5.82 Å². The predicted molar refractivity (Wildman–Crippen MR) is 120 cm³/mol. The van der Waals surface area contributed by atoms with Crippen molar-refractivity contribution in [1.82, 2.24) is 10.3 Å². The van der Waals surface area contributed by atoms with Crippen LogP contribution in [0.15, 0.2) is 59.0 Å². The second kappa shape index (κ2) is 9.27. The van der Waals surface area contributed by atoms with Crippen LogP contribution in [0.25, 0.3) is 0 Å². The van der Waals surface area contributed by atoms with E-state index in [0.717, 1.165) is 49.1 Å². The quantitative estimate of drug-likeness (QED) is 0.611. The third-order valence-corrected chi connectivity index (χ3v) is 6.67. The summed E-state index contributed by atoms with van der Waals surface area (Å²) in [5.74, 6) is -0.0794. The number of nitrogens with one attached hydrogen (secondary N) is 1. The van der Waals surface area contributed by atoms with E-state index in [4.69, 9.17) is 0 Å². The third kappa shape index (κ3) is 4.13. The Labute approximate surface area is 183 Å². The minimum Gasteiger partial charge on any atom is -0.395 e. The molecule has 0 aromatic heterocycles. The molecule has 0 saturated carbocycles. The minimum atomic E-state index is -0.254. The number of aliphatic hydroxyl groups excluding tert-OH is 1. The van der Waals surface area contributed by atoms with E-state index < -0.39 is 0 Å². The molecule has 0 fully saturated rings. The highest BCUT2D eigenvalue weighted by atomic mass is 19.1. The molecule has 0 bridgehead atoms. The van der Waals surface area contributed by atoms with Crippen molar-refractivity contribution >= 4 is 11.6 Å². The molecule has 1 amide bonds.